The Bertz CT molecular complexity index is 344. The van der Waals surface area contributed by atoms with Gasteiger partial charge in [0.1, 0.15) is 6.04 Å². The third-order valence-corrected chi connectivity index (χ3v) is 2.01. The minimum Gasteiger partial charge on any atom is -0.465 e. The van der Waals surface area contributed by atoms with Crippen molar-refractivity contribution >= 4 is 17.6 Å². The molecule has 5 heteroatoms. The Morgan fingerprint density at radius 2 is 2.40 bits per heavy atom. The molecule has 0 aromatic carbocycles. The third-order valence-electron chi connectivity index (χ3n) is 1.81. The molecule has 0 radical (unpaired) electrons. The lowest BCUT2D eigenvalue weighted by molar-refractivity contribution is -0.144. The number of carbonyl (C=O) groups excluding carboxylic acids is 1. The highest BCUT2D eigenvalue weighted by Crippen LogP contribution is 2.10. The summed E-state index contributed by atoms with van der Waals surface area (Å²) < 4.78 is 4.79. The number of nitrogens with zero attached hydrogens (tertiary/aromatic N) is 1. The van der Waals surface area contributed by atoms with E-state index in [-0.39, 0.29) is 0 Å². The highest BCUT2D eigenvalue weighted by molar-refractivity contribution is 6.30. The summed E-state index contributed by atoms with van der Waals surface area (Å²) in [6.45, 7) is 2.08. The van der Waals surface area contributed by atoms with Gasteiger partial charge in [-0.2, -0.15) is 0 Å². The number of rotatable bonds is 4. The number of esters is 1. The Hall–Kier alpha value is -1.13. The Labute approximate surface area is 93.4 Å². The van der Waals surface area contributed by atoms with Gasteiger partial charge in [0, 0.05) is 12.4 Å². The molecule has 1 aromatic rings. The van der Waals surface area contributed by atoms with Crippen LogP contribution in [0.1, 0.15) is 12.5 Å². The van der Waals surface area contributed by atoms with Crippen molar-refractivity contribution in [3.05, 3.63) is 29.0 Å². The van der Waals surface area contributed by atoms with Gasteiger partial charge >= 0.3 is 5.97 Å². The molecule has 0 aliphatic heterocycles. The molecule has 0 saturated carbocycles. The van der Waals surface area contributed by atoms with Crippen LogP contribution in [0.15, 0.2) is 18.5 Å². The number of nitrogens with two attached hydrogens (primary N) is 1. The first-order chi connectivity index (χ1) is 7.13. The van der Waals surface area contributed by atoms with Crippen molar-refractivity contribution in [2.24, 2.45) is 5.73 Å². The van der Waals surface area contributed by atoms with E-state index in [1.807, 2.05) is 0 Å². The molecule has 0 bridgehead atoms. The minimum absolute atomic E-state index is 0.334. The number of hydrogen-bond donors (Lipinski definition) is 1. The molecule has 82 valence electrons. The van der Waals surface area contributed by atoms with Gasteiger partial charge in [-0.15, -0.1) is 0 Å². The Balaban J connectivity index is 2.58. The number of aromatic nitrogens is 1. The van der Waals surface area contributed by atoms with Crippen LogP contribution in [0.5, 0.6) is 0 Å². The summed E-state index contributed by atoms with van der Waals surface area (Å²) in [5, 5.41) is 0.531. The van der Waals surface area contributed by atoms with Crippen LogP contribution in [0, 0.1) is 0 Å². The first-order valence-corrected chi connectivity index (χ1v) is 5.03. The van der Waals surface area contributed by atoms with Gasteiger partial charge < -0.3 is 10.5 Å². The van der Waals surface area contributed by atoms with Crippen molar-refractivity contribution in [1.29, 1.82) is 0 Å². The van der Waals surface area contributed by atoms with Crippen LogP contribution < -0.4 is 5.73 Å². The minimum atomic E-state index is -0.662. The molecule has 1 atom stereocenters. The fraction of sp³-hybridized carbons (Fsp3) is 0.400. The largest absolute Gasteiger partial charge is 0.465 e. The van der Waals surface area contributed by atoms with Crippen LogP contribution in [0.25, 0.3) is 0 Å². The van der Waals surface area contributed by atoms with Crippen LogP contribution in [-0.4, -0.2) is 23.6 Å². The maximum atomic E-state index is 11.2. The summed E-state index contributed by atoms with van der Waals surface area (Å²) >= 11 is 5.75. The van der Waals surface area contributed by atoms with Crippen LogP contribution in [0.3, 0.4) is 0 Å². The lowest BCUT2D eigenvalue weighted by Gasteiger charge is -2.10. The van der Waals surface area contributed by atoms with E-state index in [1.54, 1.807) is 19.2 Å². The van der Waals surface area contributed by atoms with E-state index in [0.717, 1.165) is 5.56 Å². The number of hydrogen-bond acceptors (Lipinski definition) is 4. The van der Waals surface area contributed by atoms with Gasteiger partial charge in [-0.25, -0.2) is 0 Å². The number of carbonyl (C=O) groups is 1. The van der Waals surface area contributed by atoms with Crippen LogP contribution in [-0.2, 0) is 16.0 Å². The zero-order chi connectivity index (χ0) is 11.3. The molecule has 1 heterocycles. The monoisotopic (exact) mass is 228 g/mol. The predicted octanol–water partition coefficient (Wildman–Crippen LogP) is 1.17. The highest BCUT2D eigenvalue weighted by Gasteiger charge is 2.15. The number of halogens is 1. The van der Waals surface area contributed by atoms with Crippen LogP contribution >= 0.6 is 11.6 Å². The Morgan fingerprint density at radius 1 is 1.67 bits per heavy atom. The molecular formula is C10H13ClN2O2. The van der Waals surface area contributed by atoms with Gasteiger partial charge in [-0.1, -0.05) is 11.6 Å². The van der Waals surface area contributed by atoms with Crippen molar-refractivity contribution in [2.75, 3.05) is 6.61 Å². The SMILES string of the molecule is CCOC(=O)C(N)Cc1cncc(Cl)c1. The molecule has 0 aliphatic rings. The van der Waals surface area contributed by atoms with Crippen LogP contribution in [0.2, 0.25) is 5.02 Å². The van der Waals surface area contributed by atoms with Gasteiger partial charge in [0.05, 0.1) is 11.6 Å². The zero-order valence-corrected chi connectivity index (χ0v) is 9.20. The van der Waals surface area contributed by atoms with Gasteiger partial charge in [0.25, 0.3) is 0 Å². The lowest BCUT2D eigenvalue weighted by Crippen LogP contribution is -2.34. The molecule has 0 spiro atoms. The van der Waals surface area contributed by atoms with Gasteiger partial charge in [-0.3, -0.25) is 9.78 Å². The maximum absolute atomic E-state index is 11.2. The highest BCUT2D eigenvalue weighted by atomic mass is 35.5. The normalized spacial score (nSPS) is 12.2. The summed E-state index contributed by atoms with van der Waals surface area (Å²) in [6, 6.07) is 1.07. The zero-order valence-electron chi connectivity index (χ0n) is 8.44. The van der Waals surface area contributed by atoms with Gasteiger partial charge in [-0.05, 0) is 25.0 Å². The molecule has 0 fully saturated rings. The van der Waals surface area contributed by atoms with E-state index >= 15 is 0 Å². The maximum Gasteiger partial charge on any atom is 0.323 e. The quantitative estimate of drug-likeness (QED) is 0.786. The Kier molecular flexibility index (Phi) is 4.52. The summed E-state index contributed by atoms with van der Waals surface area (Å²) in [7, 11) is 0. The van der Waals surface area contributed by atoms with Crippen molar-refractivity contribution in [2.45, 2.75) is 19.4 Å². The predicted molar refractivity (Wildman–Crippen MR) is 57.6 cm³/mol. The standard InChI is InChI=1S/C10H13ClN2O2/c1-2-15-10(14)9(12)4-7-3-8(11)6-13-5-7/h3,5-6,9H,2,4,12H2,1H3. The second kappa shape index (κ2) is 5.68. The molecular weight excluding hydrogens is 216 g/mol. The molecule has 1 rings (SSSR count). The molecule has 2 N–H and O–H groups in total. The molecule has 0 saturated heterocycles. The van der Waals surface area contributed by atoms with Crippen molar-refractivity contribution in [1.82, 2.24) is 4.98 Å². The fourth-order valence-corrected chi connectivity index (χ4v) is 1.35. The second-order valence-electron chi connectivity index (χ2n) is 3.07. The molecule has 15 heavy (non-hydrogen) atoms. The topological polar surface area (TPSA) is 65.2 Å². The first kappa shape index (κ1) is 11.9. The average Bonchev–Trinajstić information content (AvgIpc) is 2.18. The average molecular weight is 229 g/mol. The third kappa shape index (κ3) is 3.85. The lowest BCUT2D eigenvalue weighted by atomic mass is 10.1. The van der Waals surface area contributed by atoms with Crippen molar-refractivity contribution < 1.29 is 9.53 Å². The Morgan fingerprint density at radius 3 is 3.00 bits per heavy atom. The van der Waals surface area contributed by atoms with E-state index in [4.69, 9.17) is 22.1 Å². The summed E-state index contributed by atoms with van der Waals surface area (Å²) in [5.41, 5.74) is 6.46. The second-order valence-corrected chi connectivity index (χ2v) is 3.51. The smallest absolute Gasteiger partial charge is 0.323 e. The van der Waals surface area contributed by atoms with E-state index in [9.17, 15) is 4.79 Å². The number of ether oxygens (including phenoxy) is 1. The molecule has 1 unspecified atom stereocenters. The number of pyridine rings is 1. The summed E-state index contributed by atoms with van der Waals surface area (Å²) in [5.74, 6) is -0.405. The molecule has 4 nitrogen and oxygen atoms in total. The summed E-state index contributed by atoms with van der Waals surface area (Å²) in [6.07, 6.45) is 3.54. The van der Waals surface area contributed by atoms with Gasteiger partial charge in [0.2, 0.25) is 0 Å². The molecule has 0 aliphatic carbocycles. The molecule has 0 amide bonds. The van der Waals surface area contributed by atoms with Crippen LogP contribution in [0.4, 0.5) is 0 Å². The van der Waals surface area contributed by atoms with E-state index in [1.165, 1.54) is 6.20 Å². The van der Waals surface area contributed by atoms with E-state index in [2.05, 4.69) is 4.98 Å². The van der Waals surface area contributed by atoms with E-state index in [0.29, 0.717) is 18.1 Å². The van der Waals surface area contributed by atoms with Crippen molar-refractivity contribution in [3.63, 3.8) is 0 Å². The molecule has 1 aromatic heterocycles. The van der Waals surface area contributed by atoms with Crippen molar-refractivity contribution in [3.8, 4) is 0 Å². The summed E-state index contributed by atoms with van der Waals surface area (Å²) in [4.78, 5) is 15.1. The van der Waals surface area contributed by atoms with E-state index < -0.39 is 12.0 Å². The first-order valence-electron chi connectivity index (χ1n) is 4.65. The fourth-order valence-electron chi connectivity index (χ4n) is 1.15. The van der Waals surface area contributed by atoms with Gasteiger partial charge in [0.15, 0.2) is 0 Å².